The van der Waals surface area contributed by atoms with Gasteiger partial charge in [0.05, 0.1) is 0 Å². The minimum absolute atomic E-state index is 0.0742. The third kappa shape index (κ3) is 3.98. The van der Waals surface area contributed by atoms with E-state index in [-0.39, 0.29) is 6.03 Å². The lowest BCUT2D eigenvalue weighted by atomic mass is 10.1. The van der Waals surface area contributed by atoms with E-state index in [4.69, 9.17) is 0 Å². The molecule has 0 spiro atoms. The van der Waals surface area contributed by atoms with Gasteiger partial charge in [0, 0.05) is 19.1 Å². The van der Waals surface area contributed by atoms with Crippen LogP contribution < -0.4 is 5.32 Å². The minimum Gasteiger partial charge on any atom is -0.338 e. The Bertz CT molecular complexity index is 400. The Balaban J connectivity index is 2.02. The summed E-state index contributed by atoms with van der Waals surface area (Å²) in [6.45, 7) is 5.70. The number of carbonyl (C=O) groups is 1. The molecule has 1 saturated carbocycles. The van der Waals surface area contributed by atoms with E-state index in [1.807, 2.05) is 23.1 Å². The molecule has 1 aromatic carbocycles. The van der Waals surface area contributed by atoms with Crippen LogP contribution in [0.15, 0.2) is 30.3 Å². The maximum atomic E-state index is 12.3. The van der Waals surface area contributed by atoms with Crippen molar-refractivity contribution in [2.75, 3.05) is 6.54 Å². The Morgan fingerprint density at radius 1 is 1.37 bits per heavy atom. The number of benzene rings is 1. The van der Waals surface area contributed by atoms with Crippen LogP contribution in [0.1, 0.15) is 38.7 Å². The largest absolute Gasteiger partial charge is 0.338 e. The van der Waals surface area contributed by atoms with Crippen molar-refractivity contribution in [2.24, 2.45) is 5.92 Å². The Morgan fingerprint density at radius 2 is 2.05 bits per heavy atom. The fourth-order valence-electron chi connectivity index (χ4n) is 2.35. The molecule has 0 saturated heterocycles. The molecule has 1 fully saturated rings. The third-order valence-electron chi connectivity index (χ3n) is 3.78. The van der Waals surface area contributed by atoms with Crippen LogP contribution >= 0.6 is 0 Å². The van der Waals surface area contributed by atoms with E-state index in [2.05, 4.69) is 31.3 Å². The minimum atomic E-state index is 0.0742. The zero-order valence-corrected chi connectivity index (χ0v) is 11.9. The second kappa shape index (κ2) is 6.60. The van der Waals surface area contributed by atoms with Crippen molar-refractivity contribution in [2.45, 2.75) is 45.7 Å². The first kappa shape index (κ1) is 13.9. The fourth-order valence-corrected chi connectivity index (χ4v) is 2.35. The maximum Gasteiger partial charge on any atom is 0.317 e. The van der Waals surface area contributed by atoms with Gasteiger partial charge in [-0.05, 0) is 37.7 Å². The van der Waals surface area contributed by atoms with Crippen molar-refractivity contribution >= 4 is 6.03 Å². The normalized spacial score (nSPS) is 15.9. The smallest absolute Gasteiger partial charge is 0.317 e. The molecule has 3 nitrogen and oxygen atoms in total. The molecule has 0 bridgehead atoms. The Kier molecular flexibility index (Phi) is 4.83. The molecular formula is C16H24N2O. The summed E-state index contributed by atoms with van der Waals surface area (Å²) in [7, 11) is 0. The van der Waals surface area contributed by atoms with Crippen molar-refractivity contribution in [1.29, 1.82) is 0 Å². The lowest BCUT2D eigenvalue weighted by molar-refractivity contribution is 0.167. The number of hydrogen-bond donors (Lipinski definition) is 1. The van der Waals surface area contributed by atoms with Gasteiger partial charge < -0.3 is 10.2 Å². The van der Waals surface area contributed by atoms with Crippen molar-refractivity contribution in [1.82, 2.24) is 10.2 Å². The zero-order valence-electron chi connectivity index (χ0n) is 11.9. The van der Waals surface area contributed by atoms with Crippen LogP contribution in [0.2, 0.25) is 0 Å². The van der Waals surface area contributed by atoms with E-state index >= 15 is 0 Å². The SMILES string of the molecule is CCCNC(=O)N(Cc1ccccc1)C(C)C1CC1. The van der Waals surface area contributed by atoms with Crippen LogP contribution in [-0.4, -0.2) is 23.5 Å². The Morgan fingerprint density at radius 3 is 2.63 bits per heavy atom. The molecule has 1 aliphatic rings. The Hall–Kier alpha value is -1.51. The monoisotopic (exact) mass is 260 g/mol. The van der Waals surface area contributed by atoms with Gasteiger partial charge in [-0.3, -0.25) is 0 Å². The summed E-state index contributed by atoms with van der Waals surface area (Å²) >= 11 is 0. The summed E-state index contributed by atoms with van der Waals surface area (Å²) in [6.07, 6.45) is 3.49. The van der Waals surface area contributed by atoms with Gasteiger partial charge in [-0.25, -0.2) is 4.79 Å². The van der Waals surface area contributed by atoms with E-state index in [0.717, 1.165) is 13.0 Å². The molecule has 1 atom stereocenters. The molecule has 19 heavy (non-hydrogen) atoms. The number of rotatable bonds is 6. The molecule has 0 aliphatic heterocycles. The number of amides is 2. The van der Waals surface area contributed by atoms with Crippen LogP contribution in [0.3, 0.4) is 0 Å². The van der Waals surface area contributed by atoms with E-state index < -0.39 is 0 Å². The van der Waals surface area contributed by atoms with Crippen LogP contribution in [-0.2, 0) is 6.54 Å². The highest BCUT2D eigenvalue weighted by Crippen LogP contribution is 2.35. The summed E-state index contributed by atoms with van der Waals surface area (Å²) in [4.78, 5) is 14.3. The van der Waals surface area contributed by atoms with Crippen molar-refractivity contribution in [3.05, 3.63) is 35.9 Å². The molecule has 1 unspecified atom stereocenters. The van der Waals surface area contributed by atoms with Gasteiger partial charge in [-0.1, -0.05) is 37.3 Å². The highest BCUT2D eigenvalue weighted by Gasteiger charge is 2.34. The molecule has 104 valence electrons. The van der Waals surface area contributed by atoms with Crippen LogP contribution in [0, 0.1) is 5.92 Å². The molecule has 0 heterocycles. The molecule has 1 aromatic rings. The summed E-state index contributed by atoms with van der Waals surface area (Å²) in [5.41, 5.74) is 1.20. The second-order valence-corrected chi connectivity index (χ2v) is 5.42. The molecule has 1 N–H and O–H groups in total. The van der Waals surface area contributed by atoms with Gasteiger partial charge in [0.2, 0.25) is 0 Å². The molecule has 3 heteroatoms. The predicted octanol–water partition coefficient (Wildman–Crippen LogP) is 3.41. The second-order valence-electron chi connectivity index (χ2n) is 5.42. The highest BCUT2D eigenvalue weighted by atomic mass is 16.2. The van der Waals surface area contributed by atoms with Crippen LogP contribution in [0.25, 0.3) is 0 Å². The van der Waals surface area contributed by atoms with Crippen LogP contribution in [0.5, 0.6) is 0 Å². The van der Waals surface area contributed by atoms with Crippen LogP contribution in [0.4, 0.5) is 4.79 Å². The van der Waals surface area contributed by atoms with Crippen molar-refractivity contribution < 1.29 is 4.79 Å². The van der Waals surface area contributed by atoms with Gasteiger partial charge in [0.15, 0.2) is 0 Å². The molecular weight excluding hydrogens is 236 g/mol. The predicted molar refractivity (Wildman–Crippen MR) is 77.9 cm³/mol. The van der Waals surface area contributed by atoms with Crippen molar-refractivity contribution in [3.8, 4) is 0 Å². The molecule has 1 aliphatic carbocycles. The number of carbonyl (C=O) groups excluding carboxylic acids is 1. The van der Waals surface area contributed by atoms with Crippen molar-refractivity contribution in [3.63, 3.8) is 0 Å². The molecule has 2 amide bonds. The average Bonchev–Trinajstić information content (AvgIpc) is 3.27. The summed E-state index contributed by atoms with van der Waals surface area (Å²) in [5, 5.41) is 3.00. The first-order valence-electron chi connectivity index (χ1n) is 7.30. The molecule has 0 aromatic heterocycles. The lowest BCUT2D eigenvalue weighted by Crippen LogP contribution is -2.45. The first-order chi connectivity index (χ1) is 9.22. The number of urea groups is 1. The highest BCUT2D eigenvalue weighted by molar-refractivity contribution is 5.74. The summed E-state index contributed by atoms with van der Waals surface area (Å²) in [6, 6.07) is 10.6. The van der Waals surface area contributed by atoms with E-state index in [9.17, 15) is 4.79 Å². The molecule has 0 radical (unpaired) electrons. The fraction of sp³-hybridized carbons (Fsp3) is 0.562. The van der Waals surface area contributed by atoms with Gasteiger partial charge in [0.25, 0.3) is 0 Å². The van der Waals surface area contributed by atoms with E-state index in [1.54, 1.807) is 0 Å². The van der Waals surface area contributed by atoms with E-state index in [0.29, 0.717) is 18.5 Å². The number of nitrogens with one attached hydrogen (secondary N) is 1. The average molecular weight is 260 g/mol. The number of hydrogen-bond acceptors (Lipinski definition) is 1. The molecule has 2 rings (SSSR count). The van der Waals surface area contributed by atoms with Gasteiger partial charge >= 0.3 is 6.03 Å². The maximum absolute atomic E-state index is 12.3. The van der Waals surface area contributed by atoms with Gasteiger partial charge in [-0.2, -0.15) is 0 Å². The standard InChI is InChI=1S/C16H24N2O/c1-3-11-17-16(19)18(13(2)15-9-10-15)12-14-7-5-4-6-8-14/h4-8,13,15H,3,9-12H2,1-2H3,(H,17,19). The first-order valence-corrected chi connectivity index (χ1v) is 7.30. The number of nitrogens with zero attached hydrogens (tertiary/aromatic N) is 1. The van der Waals surface area contributed by atoms with Gasteiger partial charge in [-0.15, -0.1) is 0 Å². The quantitative estimate of drug-likeness (QED) is 0.835. The summed E-state index contributed by atoms with van der Waals surface area (Å²) < 4.78 is 0. The van der Waals surface area contributed by atoms with E-state index in [1.165, 1.54) is 18.4 Å². The topological polar surface area (TPSA) is 32.3 Å². The third-order valence-corrected chi connectivity index (χ3v) is 3.78. The zero-order chi connectivity index (χ0) is 13.7. The summed E-state index contributed by atoms with van der Waals surface area (Å²) in [5.74, 6) is 0.691. The Labute approximate surface area is 116 Å². The van der Waals surface area contributed by atoms with Gasteiger partial charge in [0.1, 0.15) is 0 Å². The lowest BCUT2D eigenvalue weighted by Gasteiger charge is -2.29.